The number of benzene rings is 2. The second kappa shape index (κ2) is 7.99. The minimum absolute atomic E-state index is 0.0478. The van der Waals surface area contributed by atoms with Gasteiger partial charge in [-0.2, -0.15) is 0 Å². The predicted octanol–water partition coefficient (Wildman–Crippen LogP) is 4.01. The summed E-state index contributed by atoms with van der Waals surface area (Å²) in [5.41, 5.74) is 1.33. The molecule has 1 aliphatic carbocycles. The lowest BCUT2D eigenvalue weighted by atomic mass is 10.2. The average molecular weight is 412 g/mol. The van der Waals surface area contributed by atoms with Crippen molar-refractivity contribution in [2.75, 3.05) is 7.05 Å². The summed E-state index contributed by atoms with van der Waals surface area (Å²) in [5, 5.41) is 0.758. The van der Waals surface area contributed by atoms with E-state index in [1.54, 1.807) is 34.7 Å². The Hall–Kier alpha value is -2.67. The number of hydrogen-bond donors (Lipinski definition) is 0. The fraction of sp³-hybridized carbons (Fsp3) is 0.318. The first-order valence-corrected chi connectivity index (χ1v) is 10.5. The second-order valence-electron chi connectivity index (χ2n) is 7.40. The van der Waals surface area contributed by atoms with E-state index in [4.69, 9.17) is 0 Å². The smallest absolute Gasteiger partial charge is 0.262 e. The monoisotopic (exact) mass is 411 g/mol. The normalized spacial score (nSPS) is 14.7. The average Bonchev–Trinajstić information content (AvgIpc) is 3.52. The fourth-order valence-corrected chi connectivity index (χ4v) is 4.46. The first-order chi connectivity index (χ1) is 13.9. The van der Waals surface area contributed by atoms with E-state index in [1.165, 1.54) is 23.9 Å². The van der Waals surface area contributed by atoms with Crippen molar-refractivity contribution in [3.05, 3.63) is 70.3 Å². The summed E-state index contributed by atoms with van der Waals surface area (Å²) < 4.78 is 15.1. The van der Waals surface area contributed by atoms with Gasteiger partial charge in [0.15, 0.2) is 5.16 Å². The van der Waals surface area contributed by atoms with Crippen LogP contribution in [0.5, 0.6) is 0 Å². The number of thioether (sulfide) groups is 1. The van der Waals surface area contributed by atoms with E-state index in [0.717, 1.165) is 18.4 Å². The molecule has 29 heavy (non-hydrogen) atoms. The number of carbonyl (C=O) groups excluding carboxylic acids is 1. The Labute approximate surface area is 172 Å². The van der Waals surface area contributed by atoms with Crippen LogP contribution >= 0.6 is 11.8 Å². The lowest BCUT2D eigenvalue weighted by molar-refractivity contribution is -0.129. The van der Waals surface area contributed by atoms with Gasteiger partial charge in [0.05, 0.1) is 16.2 Å². The van der Waals surface area contributed by atoms with Crippen LogP contribution in [0.15, 0.2) is 58.5 Å². The van der Waals surface area contributed by atoms with Crippen molar-refractivity contribution < 1.29 is 9.18 Å². The Balaban J connectivity index is 1.56. The maximum Gasteiger partial charge on any atom is 0.262 e. The number of carbonyl (C=O) groups is 1. The Morgan fingerprint density at radius 3 is 2.76 bits per heavy atom. The van der Waals surface area contributed by atoms with Crippen molar-refractivity contribution in [1.29, 1.82) is 0 Å². The van der Waals surface area contributed by atoms with E-state index >= 15 is 0 Å². The third kappa shape index (κ3) is 4.19. The standard InChI is InChI=1S/C22H22FN3O2S/c1-14(20(27)25(2)13-15-6-5-7-16(23)12-15)29-22-24-19-9-4-3-8-18(19)21(28)26(22)17-10-11-17/h3-9,12,14,17H,10-11,13H2,1-2H3. The molecule has 0 aliphatic heterocycles. The van der Waals surface area contributed by atoms with Crippen molar-refractivity contribution >= 4 is 28.6 Å². The summed E-state index contributed by atoms with van der Waals surface area (Å²) in [6.45, 7) is 2.13. The van der Waals surface area contributed by atoms with Crippen LogP contribution in [0.3, 0.4) is 0 Å². The van der Waals surface area contributed by atoms with Crippen molar-refractivity contribution in [2.45, 2.75) is 42.8 Å². The number of halogens is 1. The Bertz CT molecular complexity index is 1130. The van der Waals surface area contributed by atoms with Gasteiger partial charge >= 0.3 is 0 Å². The number of fused-ring (bicyclic) bond motifs is 1. The third-order valence-electron chi connectivity index (χ3n) is 5.00. The van der Waals surface area contributed by atoms with Crippen LogP contribution in [0.1, 0.15) is 31.4 Å². The molecule has 0 saturated heterocycles. The zero-order valence-electron chi connectivity index (χ0n) is 16.3. The summed E-state index contributed by atoms with van der Waals surface area (Å²) in [6, 6.07) is 13.7. The van der Waals surface area contributed by atoms with Gasteiger partial charge in [-0.15, -0.1) is 0 Å². The molecule has 1 fully saturated rings. The molecule has 1 amide bonds. The van der Waals surface area contributed by atoms with Crippen LogP contribution in [0.25, 0.3) is 10.9 Å². The van der Waals surface area contributed by atoms with Gasteiger partial charge in [-0.1, -0.05) is 36.0 Å². The van der Waals surface area contributed by atoms with E-state index < -0.39 is 5.25 Å². The zero-order chi connectivity index (χ0) is 20.5. The van der Waals surface area contributed by atoms with Gasteiger partial charge in [0.2, 0.25) is 5.91 Å². The molecule has 0 radical (unpaired) electrons. The number of nitrogens with zero attached hydrogens (tertiary/aromatic N) is 3. The van der Waals surface area contributed by atoms with Crippen LogP contribution in [-0.4, -0.2) is 32.7 Å². The lowest BCUT2D eigenvalue weighted by Gasteiger charge is -2.22. The Morgan fingerprint density at radius 1 is 1.28 bits per heavy atom. The molecular formula is C22H22FN3O2S. The van der Waals surface area contributed by atoms with E-state index in [2.05, 4.69) is 4.98 Å². The van der Waals surface area contributed by atoms with Crippen molar-refractivity contribution in [1.82, 2.24) is 14.5 Å². The zero-order valence-corrected chi connectivity index (χ0v) is 17.2. The van der Waals surface area contributed by atoms with Gasteiger partial charge in [-0.3, -0.25) is 14.2 Å². The number of amides is 1. The molecule has 1 saturated carbocycles. The summed E-state index contributed by atoms with van der Waals surface area (Å²) in [6.07, 6.45) is 1.91. The maximum atomic E-state index is 13.4. The molecule has 150 valence electrons. The molecule has 0 N–H and O–H groups in total. The molecule has 7 heteroatoms. The first-order valence-electron chi connectivity index (χ1n) is 9.61. The molecule has 5 nitrogen and oxygen atoms in total. The SMILES string of the molecule is CC(Sc1nc2ccccc2c(=O)n1C1CC1)C(=O)N(C)Cc1cccc(F)c1. The largest absolute Gasteiger partial charge is 0.340 e. The van der Waals surface area contributed by atoms with Gasteiger partial charge in [0, 0.05) is 19.6 Å². The molecule has 3 aromatic rings. The third-order valence-corrected chi connectivity index (χ3v) is 6.06. The first kappa shape index (κ1) is 19.6. The molecule has 2 aromatic carbocycles. The van der Waals surface area contributed by atoms with Crippen LogP contribution in [0, 0.1) is 5.82 Å². The predicted molar refractivity (Wildman–Crippen MR) is 112 cm³/mol. The van der Waals surface area contributed by atoms with Crippen LogP contribution in [-0.2, 0) is 11.3 Å². The van der Waals surface area contributed by atoms with Crippen LogP contribution in [0.2, 0.25) is 0 Å². The number of hydrogen-bond acceptors (Lipinski definition) is 4. The molecule has 1 aromatic heterocycles. The van der Waals surface area contributed by atoms with Gasteiger partial charge in [-0.05, 0) is 49.6 Å². The molecule has 0 bridgehead atoms. The highest BCUT2D eigenvalue weighted by atomic mass is 32.2. The molecule has 1 aliphatic rings. The highest BCUT2D eigenvalue weighted by molar-refractivity contribution is 8.00. The van der Waals surface area contributed by atoms with Crippen molar-refractivity contribution in [3.63, 3.8) is 0 Å². The summed E-state index contributed by atoms with van der Waals surface area (Å²) in [7, 11) is 1.70. The highest BCUT2D eigenvalue weighted by Gasteiger charge is 2.30. The molecule has 1 atom stereocenters. The van der Waals surface area contributed by atoms with Crippen LogP contribution < -0.4 is 5.56 Å². The van der Waals surface area contributed by atoms with Gasteiger partial charge in [0.1, 0.15) is 5.82 Å². The Kier molecular flexibility index (Phi) is 5.41. The molecule has 4 rings (SSSR count). The Morgan fingerprint density at radius 2 is 2.03 bits per heavy atom. The quantitative estimate of drug-likeness (QED) is 0.454. The van der Waals surface area contributed by atoms with E-state index in [9.17, 15) is 14.0 Å². The fourth-order valence-electron chi connectivity index (χ4n) is 3.37. The van der Waals surface area contributed by atoms with Crippen molar-refractivity contribution in [3.8, 4) is 0 Å². The highest BCUT2D eigenvalue weighted by Crippen LogP contribution is 2.37. The summed E-state index contributed by atoms with van der Waals surface area (Å²) in [4.78, 5) is 32.1. The second-order valence-corrected chi connectivity index (χ2v) is 8.71. The lowest BCUT2D eigenvalue weighted by Crippen LogP contribution is -2.33. The van der Waals surface area contributed by atoms with E-state index in [-0.39, 0.29) is 23.3 Å². The number of rotatable bonds is 6. The van der Waals surface area contributed by atoms with Crippen LogP contribution in [0.4, 0.5) is 4.39 Å². The van der Waals surface area contributed by atoms with Gasteiger partial charge in [-0.25, -0.2) is 9.37 Å². The maximum absolute atomic E-state index is 13.4. The molecular weight excluding hydrogens is 389 g/mol. The number of para-hydroxylation sites is 1. The van der Waals surface area contributed by atoms with E-state index in [0.29, 0.717) is 22.6 Å². The summed E-state index contributed by atoms with van der Waals surface area (Å²) >= 11 is 1.30. The molecule has 1 heterocycles. The minimum Gasteiger partial charge on any atom is -0.340 e. The summed E-state index contributed by atoms with van der Waals surface area (Å²) in [5.74, 6) is -0.413. The topological polar surface area (TPSA) is 55.2 Å². The minimum atomic E-state index is -0.424. The number of aromatic nitrogens is 2. The molecule has 1 unspecified atom stereocenters. The van der Waals surface area contributed by atoms with E-state index in [1.807, 2.05) is 25.1 Å². The molecule has 0 spiro atoms. The van der Waals surface area contributed by atoms with Gasteiger partial charge in [0.25, 0.3) is 5.56 Å². The van der Waals surface area contributed by atoms with Gasteiger partial charge < -0.3 is 4.90 Å². The van der Waals surface area contributed by atoms with Crippen molar-refractivity contribution in [2.24, 2.45) is 0 Å².